The van der Waals surface area contributed by atoms with Gasteiger partial charge in [0, 0.05) is 23.5 Å². The molecule has 0 aliphatic carbocycles. The van der Waals surface area contributed by atoms with Gasteiger partial charge < -0.3 is 10.4 Å². The van der Waals surface area contributed by atoms with Crippen LogP contribution in [0.15, 0.2) is 42.6 Å². The van der Waals surface area contributed by atoms with Crippen molar-refractivity contribution >= 4 is 39.4 Å². The third-order valence-electron chi connectivity index (χ3n) is 4.22. The number of carbonyl (C=O) groups excluding carboxylic acids is 1. The van der Waals surface area contributed by atoms with Gasteiger partial charge in [-0.05, 0) is 36.4 Å². The highest BCUT2D eigenvalue weighted by Gasteiger charge is 2.17. The van der Waals surface area contributed by atoms with E-state index >= 15 is 0 Å². The van der Waals surface area contributed by atoms with Gasteiger partial charge in [0.05, 0.1) is 17.2 Å². The van der Waals surface area contributed by atoms with Crippen LogP contribution in [-0.4, -0.2) is 36.5 Å². The van der Waals surface area contributed by atoms with Crippen LogP contribution in [-0.2, 0) is 18.4 Å². The molecule has 0 radical (unpaired) electrons. The fourth-order valence-electron chi connectivity index (χ4n) is 3.00. The van der Waals surface area contributed by atoms with E-state index in [9.17, 15) is 14.0 Å². The highest BCUT2D eigenvalue weighted by atomic mass is 19.1. The summed E-state index contributed by atoms with van der Waals surface area (Å²) >= 11 is 0. The molecule has 9 heteroatoms. The molecule has 0 unspecified atom stereocenters. The second-order valence-electron chi connectivity index (χ2n) is 6.06. The molecule has 0 saturated carbocycles. The first-order chi connectivity index (χ1) is 12.9. The summed E-state index contributed by atoms with van der Waals surface area (Å²) in [5.41, 5.74) is 1.77. The zero-order valence-electron chi connectivity index (χ0n) is 14.2. The van der Waals surface area contributed by atoms with Crippen LogP contribution in [0.4, 0.5) is 10.1 Å². The Kier molecular flexibility index (Phi) is 3.84. The number of aryl methyl sites for hydroxylation is 1. The predicted molar refractivity (Wildman–Crippen MR) is 96.0 cm³/mol. The molecule has 27 heavy (non-hydrogen) atoms. The van der Waals surface area contributed by atoms with E-state index in [4.69, 9.17) is 5.11 Å². The second-order valence-corrected chi connectivity index (χ2v) is 6.06. The number of aromatic nitrogens is 4. The van der Waals surface area contributed by atoms with Crippen molar-refractivity contribution < 1.29 is 19.1 Å². The highest BCUT2D eigenvalue weighted by molar-refractivity contribution is 6.11. The number of anilines is 1. The van der Waals surface area contributed by atoms with Gasteiger partial charge in [-0.25, -0.2) is 4.39 Å². The van der Waals surface area contributed by atoms with E-state index in [0.29, 0.717) is 22.1 Å². The molecule has 2 aromatic carbocycles. The van der Waals surface area contributed by atoms with E-state index in [-0.39, 0.29) is 12.2 Å². The Bertz CT molecular complexity index is 1210. The monoisotopic (exact) mass is 367 g/mol. The molecule has 0 saturated heterocycles. The molecule has 2 heterocycles. The number of aliphatic carboxylic acids is 1. The standard InChI is InChI=1S/C18H14FN5O3/c1-23-14-5-3-11(19)6-13(14)17(22-23)18(27)21-12-4-2-10-8-20-24(9-16(25)26)15(10)7-12/h2-8H,9H2,1H3,(H,21,27)(H,25,26). The molecule has 4 rings (SSSR count). The molecule has 1 amide bonds. The highest BCUT2D eigenvalue weighted by Crippen LogP contribution is 2.22. The van der Waals surface area contributed by atoms with Gasteiger partial charge in [-0.1, -0.05) is 0 Å². The number of nitrogens with zero attached hydrogens (tertiary/aromatic N) is 4. The first kappa shape index (κ1) is 16.7. The van der Waals surface area contributed by atoms with Crippen LogP contribution in [0.1, 0.15) is 10.5 Å². The Labute approximate surface area is 151 Å². The Hall–Kier alpha value is -3.75. The number of rotatable bonds is 4. The topological polar surface area (TPSA) is 102 Å². The molecular weight excluding hydrogens is 353 g/mol. The van der Waals surface area contributed by atoms with Crippen molar-refractivity contribution in [3.63, 3.8) is 0 Å². The van der Waals surface area contributed by atoms with Crippen molar-refractivity contribution in [2.45, 2.75) is 6.54 Å². The van der Waals surface area contributed by atoms with Crippen LogP contribution in [0.3, 0.4) is 0 Å². The second kappa shape index (κ2) is 6.20. The van der Waals surface area contributed by atoms with Gasteiger partial charge in [-0.15, -0.1) is 0 Å². The molecule has 0 spiro atoms. The number of nitrogens with one attached hydrogen (secondary N) is 1. The first-order valence-electron chi connectivity index (χ1n) is 8.03. The number of carbonyl (C=O) groups is 2. The van der Waals surface area contributed by atoms with Crippen LogP contribution in [0, 0.1) is 5.82 Å². The van der Waals surface area contributed by atoms with Crippen LogP contribution >= 0.6 is 0 Å². The van der Waals surface area contributed by atoms with E-state index in [1.54, 1.807) is 37.5 Å². The molecular formula is C18H14FN5O3. The maximum absolute atomic E-state index is 13.6. The van der Waals surface area contributed by atoms with Crippen LogP contribution < -0.4 is 5.32 Å². The van der Waals surface area contributed by atoms with E-state index < -0.39 is 17.7 Å². The number of hydrogen-bond acceptors (Lipinski definition) is 4. The van der Waals surface area contributed by atoms with Crippen molar-refractivity contribution in [3.05, 3.63) is 54.1 Å². The fourth-order valence-corrected chi connectivity index (χ4v) is 3.00. The molecule has 0 atom stereocenters. The summed E-state index contributed by atoms with van der Waals surface area (Å²) < 4.78 is 16.4. The Balaban J connectivity index is 1.69. The summed E-state index contributed by atoms with van der Waals surface area (Å²) in [5.74, 6) is -1.96. The zero-order valence-corrected chi connectivity index (χ0v) is 14.2. The van der Waals surface area contributed by atoms with E-state index in [1.165, 1.54) is 21.5 Å². The van der Waals surface area contributed by atoms with Crippen molar-refractivity contribution in [2.24, 2.45) is 7.05 Å². The minimum atomic E-state index is -1.02. The predicted octanol–water partition coefficient (Wildman–Crippen LogP) is 2.40. The largest absolute Gasteiger partial charge is 0.480 e. The van der Waals surface area contributed by atoms with Crippen molar-refractivity contribution in [1.29, 1.82) is 0 Å². The summed E-state index contributed by atoms with van der Waals surface area (Å²) in [7, 11) is 1.67. The Morgan fingerprint density at radius 2 is 2.00 bits per heavy atom. The number of benzene rings is 2. The molecule has 4 aromatic rings. The maximum atomic E-state index is 13.6. The molecule has 0 aliphatic rings. The molecule has 136 valence electrons. The van der Waals surface area contributed by atoms with Crippen LogP contribution in [0.2, 0.25) is 0 Å². The van der Waals surface area contributed by atoms with Gasteiger partial charge >= 0.3 is 5.97 Å². The lowest BCUT2D eigenvalue weighted by molar-refractivity contribution is -0.137. The van der Waals surface area contributed by atoms with Gasteiger partial charge in [0.2, 0.25) is 0 Å². The average molecular weight is 367 g/mol. The molecule has 8 nitrogen and oxygen atoms in total. The van der Waals surface area contributed by atoms with Gasteiger partial charge in [0.15, 0.2) is 5.69 Å². The number of amides is 1. The zero-order chi connectivity index (χ0) is 19.1. The summed E-state index contributed by atoms with van der Waals surface area (Å²) in [6, 6.07) is 9.18. The molecule has 0 fully saturated rings. The van der Waals surface area contributed by atoms with Crippen LogP contribution in [0.5, 0.6) is 0 Å². The number of fused-ring (bicyclic) bond motifs is 2. The molecule has 0 bridgehead atoms. The van der Waals surface area contributed by atoms with Crippen molar-refractivity contribution in [2.75, 3.05) is 5.32 Å². The summed E-state index contributed by atoms with van der Waals surface area (Å²) in [4.78, 5) is 23.6. The first-order valence-corrected chi connectivity index (χ1v) is 8.03. The average Bonchev–Trinajstić information content (AvgIpc) is 3.15. The summed E-state index contributed by atoms with van der Waals surface area (Å²) in [5, 5.41) is 21.1. The van der Waals surface area contributed by atoms with E-state index in [0.717, 1.165) is 5.39 Å². The number of carboxylic acid groups (broad SMARTS) is 1. The van der Waals surface area contributed by atoms with Gasteiger partial charge in [0.25, 0.3) is 5.91 Å². The van der Waals surface area contributed by atoms with Crippen LogP contribution in [0.25, 0.3) is 21.8 Å². The minimum Gasteiger partial charge on any atom is -0.480 e. The maximum Gasteiger partial charge on any atom is 0.325 e. The number of hydrogen-bond donors (Lipinski definition) is 2. The number of halogens is 1. The molecule has 0 aliphatic heterocycles. The van der Waals surface area contributed by atoms with Gasteiger partial charge in [-0.2, -0.15) is 10.2 Å². The summed E-state index contributed by atoms with van der Waals surface area (Å²) in [6.45, 7) is -0.287. The third kappa shape index (κ3) is 2.99. The lowest BCUT2D eigenvalue weighted by atomic mass is 10.2. The number of carboxylic acids is 1. The van der Waals surface area contributed by atoms with Gasteiger partial charge in [-0.3, -0.25) is 19.0 Å². The quantitative estimate of drug-likeness (QED) is 0.577. The summed E-state index contributed by atoms with van der Waals surface area (Å²) in [6.07, 6.45) is 1.55. The Morgan fingerprint density at radius 1 is 1.19 bits per heavy atom. The third-order valence-corrected chi connectivity index (χ3v) is 4.22. The van der Waals surface area contributed by atoms with E-state index in [1.807, 2.05) is 0 Å². The fraction of sp³-hybridized carbons (Fsp3) is 0.111. The molecule has 2 aromatic heterocycles. The van der Waals surface area contributed by atoms with Crippen molar-refractivity contribution in [1.82, 2.24) is 19.6 Å². The smallest absolute Gasteiger partial charge is 0.325 e. The normalized spacial score (nSPS) is 11.2. The lowest BCUT2D eigenvalue weighted by Gasteiger charge is -2.05. The minimum absolute atomic E-state index is 0.103. The Morgan fingerprint density at radius 3 is 2.78 bits per heavy atom. The van der Waals surface area contributed by atoms with E-state index in [2.05, 4.69) is 15.5 Å². The van der Waals surface area contributed by atoms with Crippen molar-refractivity contribution in [3.8, 4) is 0 Å². The SMILES string of the molecule is Cn1nc(C(=O)Nc2ccc3cnn(CC(=O)O)c3c2)c2cc(F)ccc21. The lowest BCUT2D eigenvalue weighted by Crippen LogP contribution is -2.14. The molecule has 2 N–H and O–H groups in total. The van der Waals surface area contributed by atoms with Gasteiger partial charge in [0.1, 0.15) is 12.4 Å².